The second-order valence-corrected chi connectivity index (χ2v) is 6.99. The number of anilines is 2. The predicted molar refractivity (Wildman–Crippen MR) is 119 cm³/mol. The molecule has 0 aliphatic heterocycles. The summed E-state index contributed by atoms with van der Waals surface area (Å²) in [4.78, 5) is 22.0. The molecule has 0 saturated carbocycles. The molecule has 0 aliphatic rings. The van der Waals surface area contributed by atoms with Crippen molar-refractivity contribution in [3.05, 3.63) is 107 Å². The molecule has 0 bridgehead atoms. The second-order valence-electron chi connectivity index (χ2n) is 6.99. The van der Waals surface area contributed by atoms with Crippen molar-refractivity contribution in [2.45, 2.75) is 6.92 Å². The Kier molecular flexibility index (Phi) is 4.37. The van der Waals surface area contributed by atoms with Crippen LogP contribution in [0.4, 0.5) is 11.5 Å². The molecule has 0 spiro atoms. The maximum atomic E-state index is 13.1. The highest BCUT2D eigenvalue weighted by Gasteiger charge is 2.15. The van der Waals surface area contributed by atoms with E-state index < -0.39 is 0 Å². The number of aryl methyl sites for hydroxylation is 1. The molecule has 0 saturated heterocycles. The van der Waals surface area contributed by atoms with E-state index >= 15 is 0 Å². The Morgan fingerprint density at radius 2 is 1.67 bits per heavy atom. The lowest BCUT2D eigenvalue weighted by Gasteiger charge is -2.19. The summed E-state index contributed by atoms with van der Waals surface area (Å²) in [5.41, 5.74) is 3.97. The molecule has 30 heavy (non-hydrogen) atoms. The molecule has 6 heteroatoms. The normalized spacial score (nSPS) is 11.0. The molecule has 0 atom stereocenters. The Balaban J connectivity index is 1.80. The number of benzene rings is 2. The zero-order valence-electron chi connectivity index (χ0n) is 16.4. The molecule has 5 aromatic rings. The van der Waals surface area contributed by atoms with Crippen molar-refractivity contribution in [3.8, 4) is 11.4 Å². The van der Waals surface area contributed by atoms with Gasteiger partial charge in [-0.15, -0.1) is 0 Å². The van der Waals surface area contributed by atoms with E-state index in [0.717, 1.165) is 22.8 Å². The molecular formula is C24H19N5O. The van der Waals surface area contributed by atoms with E-state index in [9.17, 15) is 4.79 Å². The number of hydrogen-bond donors (Lipinski definition) is 1. The van der Waals surface area contributed by atoms with Crippen LogP contribution in [-0.4, -0.2) is 19.1 Å². The smallest absolute Gasteiger partial charge is 0.193 e. The van der Waals surface area contributed by atoms with Gasteiger partial charge in [0.15, 0.2) is 5.43 Å². The van der Waals surface area contributed by atoms with E-state index in [1.165, 1.54) is 0 Å². The Morgan fingerprint density at radius 3 is 2.37 bits per heavy atom. The molecule has 3 aromatic heterocycles. The fourth-order valence-corrected chi connectivity index (χ4v) is 3.58. The molecule has 5 rings (SSSR count). The molecule has 146 valence electrons. The summed E-state index contributed by atoms with van der Waals surface area (Å²) in [6.07, 6.45) is 5.26. The zero-order chi connectivity index (χ0) is 20.5. The average molecular weight is 393 g/mol. The zero-order valence-corrected chi connectivity index (χ0v) is 16.4. The molecule has 0 amide bonds. The maximum Gasteiger partial charge on any atom is 0.193 e. The van der Waals surface area contributed by atoms with Gasteiger partial charge in [-0.1, -0.05) is 36.4 Å². The van der Waals surface area contributed by atoms with E-state index in [0.29, 0.717) is 16.9 Å². The number of nitrogens with one attached hydrogen (secondary N) is 1. The number of imidazole rings is 1. The SMILES string of the molecule is Cc1nc2c(cc1-n1ccnc1)c(=O)cc(Nc1ccccc1)n2-c1ccccc1. The molecular weight excluding hydrogens is 374 g/mol. The third-order valence-corrected chi connectivity index (χ3v) is 5.00. The predicted octanol–water partition coefficient (Wildman–Crippen LogP) is 4.62. The number of pyridine rings is 2. The van der Waals surface area contributed by atoms with E-state index in [2.05, 4.69) is 10.3 Å². The first-order valence-corrected chi connectivity index (χ1v) is 9.64. The Labute approximate surface area is 173 Å². The molecule has 0 radical (unpaired) electrons. The van der Waals surface area contributed by atoms with Crippen molar-refractivity contribution in [1.82, 2.24) is 19.1 Å². The van der Waals surface area contributed by atoms with Gasteiger partial charge in [0.1, 0.15) is 11.5 Å². The maximum absolute atomic E-state index is 13.1. The van der Waals surface area contributed by atoms with Gasteiger partial charge in [-0.25, -0.2) is 9.97 Å². The second kappa shape index (κ2) is 7.33. The molecule has 6 nitrogen and oxygen atoms in total. The summed E-state index contributed by atoms with van der Waals surface area (Å²) in [5.74, 6) is 0.659. The van der Waals surface area contributed by atoms with Crippen LogP contribution in [-0.2, 0) is 0 Å². The van der Waals surface area contributed by atoms with Crippen LogP contribution in [0.25, 0.3) is 22.4 Å². The van der Waals surface area contributed by atoms with Gasteiger partial charge >= 0.3 is 0 Å². The highest BCUT2D eigenvalue weighted by atomic mass is 16.1. The highest BCUT2D eigenvalue weighted by molar-refractivity contribution is 5.83. The largest absolute Gasteiger partial charge is 0.341 e. The number of rotatable bonds is 4. The van der Waals surface area contributed by atoms with E-state index in [4.69, 9.17) is 4.98 Å². The van der Waals surface area contributed by atoms with Gasteiger partial charge in [0.05, 0.1) is 23.1 Å². The van der Waals surface area contributed by atoms with Crippen molar-refractivity contribution >= 4 is 22.5 Å². The van der Waals surface area contributed by atoms with Crippen molar-refractivity contribution in [2.75, 3.05) is 5.32 Å². The first-order chi connectivity index (χ1) is 14.7. The standard InChI is InChI=1S/C24H19N5O/c1-17-21(28-13-12-25-16-28)14-20-22(30)15-23(27-18-8-4-2-5-9-18)29(24(20)26-17)19-10-6-3-7-11-19/h2-16,27H,1H3. The van der Waals surface area contributed by atoms with Gasteiger partial charge in [0.25, 0.3) is 0 Å². The Bertz CT molecular complexity index is 1370. The van der Waals surface area contributed by atoms with Gasteiger partial charge < -0.3 is 9.88 Å². The minimum absolute atomic E-state index is 0.0931. The van der Waals surface area contributed by atoms with Crippen LogP contribution in [0.5, 0.6) is 0 Å². The molecule has 0 unspecified atom stereocenters. The molecule has 0 aliphatic carbocycles. The van der Waals surface area contributed by atoms with Crippen LogP contribution in [0.2, 0.25) is 0 Å². The van der Waals surface area contributed by atoms with Crippen LogP contribution in [0.1, 0.15) is 5.69 Å². The van der Waals surface area contributed by atoms with E-state index in [-0.39, 0.29) is 5.43 Å². The number of hydrogen-bond acceptors (Lipinski definition) is 4. The van der Waals surface area contributed by atoms with Crippen molar-refractivity contribution in [3.63, 3.8) is 0 Å². The number of fused-ring (bicyclic) bond motifs is 1. The molecule has 3 heterocycles. The van der Waals surface area contributed by atoms with E-state index in [1.807, 2.05) is 89.0 Å². The van der Waals surface area contributed by atoms with Crippen LogP contribution in [0.3, 0.4) is 0 Å². The molecule has 0 fully saturated rings. The van der Waals surface area contributed by atoms with Gasteiger partial charge in [-0.05, 0) is 37.3 Å². The summed E-state index contributed by atoms with van der Waals surface area (Å²) in [6.45, 7) is 1.94. The highest BCUT2D eigenvalue weighted by Crippen LogP contribution is 2.26. The van der Waals surface area contributed by atoms with Gasteiger partial charge in [0, 0.05) is 29.8 Å². The minimum atomic E-state index is -0.0931. The molecule has 2 aromatic carbocycles. The average Bonchev–Trinajstić information content (AvgIpc) is 3.30. The summed E-state index contributed by atoms with van der Waals surface area (Å²) in [5, 5.41) is 3.92. The molecule has 1 N–H and O–H groups in total. The van der Waals surface area contributed by atoms with Crippen molar-refractivity contribution in [2.24, 2.45) is 0 Å². The van der Waals surface area contributed by atoms with E-state index in [1.54, 1.807) is 18.6 Å². The Hall–Kier alpha value is -4.19. The fraction of sp³-hybridized carbons (Fsp3) is 0.0417. The van der Waals surface area contributed by atoms with Gasteiger partial charge in [-0.3, -0.25) is 9.36 Å². The van der Waals surface area contributed by atoms with Gasteiger partial charge in [0.2, 0.25) is 0 Å². The third kappa shape index (κ3) is 3.14. The fourth-order valence-electron chi connectivity index (χ4n) is 3.58. The minimum Gasteiger partial charge on any atom is -0.341 e. The van der Waals surface area contributed by atoms with Crippen molar-refractivity contribution in [1.29, 1.82) is 0 Å². The van der Waals surface area contributed by atoms with Crippen molar-refractivity contribution < 1.29 is 0 Å². The summed E-state index contributed by atoms with van der Waals surface area (Å²) >= 11 is 0. The van der Waals surface area contributed by atoms with Crippen LogP contribution in [0, 0.1) is 6.92 Å². The first kappa shape index (κ1) is 17.9. The lowest BCUT2D eigenvalue weighted by Crippen LogP contribution is -2.15. The lowest BCUT2D eigenvalue weighted by atomic mass is 10.2. The lowest BCUT2D eigenvalue weighted by molar-refractivity contribution is 0.996. The summed E-state index contributed by atoms with van der Waals surface area (Å²) in [7, 11) is 0. The monoisotopic (exact) mass is 393 g/mol. The first-order valence-electron chi connectivity index (χ1n) is 9.64. The quantitative estimate of drug-likeness (QED) is 0.484. The number of aromatic nitrogens is 4. The van der Waals surface area contributed by atoms with Crippen LogP contribution < -0.4 is 10.7 Å². The summed E-state index contributed by atoms with van der Waals surface area (Å²) in [6, 6.07) is 23.2. The number of para-hydroxylation sites is 2. The summed E-state index contributed by atoms with van der Waals surface area (Å²) < 4.78 is 3.85. The van der Waals surface area contributed by atoms with Crippen LogP contribution in [0.15, 0.2) is 96.3 Å². The van der Waals surface area contributed by atoms with Crippen LogP contribution >= 0.6 is 0 Å². The van der Waals surface area contributed by atoms with Gasteiger partial charge in [-0.2, -0.15) is 0 Å². The topological polar surface area (TPSA) is 64.7 Å². The third-order valence-electron chi connectivity index (χ3n) is 5.00. The number of nitrogens with zero attached hydrogens (tertiary/aromatic N) is 4. The Morgan fingerprint density at radius 1 is 0.933 bits per heavy atom.